The molecule has 2 heteroatoms. The second-order valence-corrected chi connectivity index (χ2v) is 6.45. The lowest BCUT2D eigenvalue weighted by atomic mass is 9.95. The quantitative estimate of drug-likeness (QED) is 0.904. The molecular weight excluding hydrogens is 232 g/mol. The van der Waals surface area contributed by atoms with Crippen molar-refractivity contribution in [3.8, 4) is 0 Å². The fourth-order valence-electron chi connectivity index (χ4n) is 3.24. The minimum absolute atomic E-state index is 0.381. The van der Waals surface area contributed by atoms with Crippen molar-refractivity contribution in [3.63, 3.8) is 0 Å². The van der Waals surface area contributed by atoms with E-state index in [1.54, 1.807) is 0 Å². The van der Waals surface area contributed by atoms with Gasteiger partial charge in [-0.3, -0.25) is 4.90 Å². The molecule has 1 fully saturated rings. The summed E-state index contributed by atoms with van der Waals surface area (Å²) in [5.74, 6) is 1.56. The highest BCUT2D eigenvalue weighted by Crippen LogP contribution is 2.32. The number of nitrogens with zero attached hydrogens (tertiary/aromatic N) is 1. The third-order valence-corrected chi connectivity index (χ3v) is 4.92. The molecule has 1 heterocycles. The molecule has 106 valence electrons. The highest BCUT2D eigenvalue weighted by atomic mass is 15.2. The molecule has 3 unspecified atom stereocenters. The maximum absolute atomic E-state index is 6.09. The predicted molar refractivity (Wildman–Crippen MR) is 82.3 cm³/mol. The third-order valence-electron chi connectivity index (χ3n) is 4.92. The fraction of sp³-hybridized carbons (Fsp3) is 0.647. The lowest BCUT2D eigenvalue weighted by Gasteiger charge is -2.29. The molecule has 0 aliphatic carbocycles. The fourth-order valence-corrected chi connectivity index (χ4v) is 3.24. The second-order valence-electron chi connectivity index (χ2n) is 6.45. The van der Waals surface area contributed by atoms with Gasteiger partial charge in [0, 0.05) is 25.7 Å². The Kier molecular flexibility index (Phi) is 4.32. The molecule has 0 radical (unpaired) electrons. The summed E-state index contributed by atoms with van der Waals surface area (Å²) in [4.78, 5) is 2.58. The van der Waals surface area contributed by atoms with Crippen LogP contribution in [0, 0.1) is 32.6 Å². The number of benzene rings is 1. The van der Waals surface area contributed by atoms with Gasteiger partial charge in [0.15, 0.2) is 0 Å². The van der Waals surface area contributed by atoms with Crippen molar-refractivity contribution in [2.45, 2.75) is 40.7 Å². The number of nitrogens with two attached hydrogens (primary N) is 1. The molecule has 3 atom stereocenters. The van der Waals surface area contributed by atoms with E-state index in [-0.39, 0.29) is 0 Å². The zero-order chi connectivity index (χ0) is 14.2. The Balaban J connectivity index is 2.30. The summed E-state index contributed by atoms with van der Waals surface area (Å²) < 4.78 is 0. The van der Waals surface area contributed by atoms with Crippen LogP contribution in [0.2, 0.25) is 0 Å². The predicted octanol–water partition coefficient (Wildman–Crippen LogP) is 3.20. The van der Waals surface area contributed by atoms with Crippen LogP contribution in [0.25, 0.3) is 0 Å². The van der Waals surface area contributed by atoms with Crippen molar-refractivity contribution >= 4 is 0 Å². The van der Waals surface area contributed by atoms with Crippen LogP contribution in [-0.4, -0.2) is 24.5 Å². The second kappa shape index (κ2) is 5.64. The summed E-state index contributed by atoms with van der Waals surface area (Å²) in [7, 11) is 0. The average molecular weight is 260 g/mol. The van der Waals surface area contributed by atoms with Crippen LogP contribution in [0.5, 0.6) is 0 Å². The molecule has 1 saturated heterocycles. The van der Waals surface area contributed by atoms with Crippen LogP contribution < -0.4 is 5.73 Å². The molecule has 0 amide bonds. The molecule has 19 heavy (non-hydrogen) atoms. The van der Waals surface area contributed by atoms with Crippen molar-refractivity contribution in [3.05, 3.63) is 34.4 Å². The summed E-state index contributed by atoms with van der Waals surface area (Å²) in [6.45, 7) is 14.4. The first-order valence-corrected chi connectivity index (χ1v) is 7.46. The maximum atomic E-state index is 6.09. The minimum atomic E-state index is 0.381. The van der Waals surface area contributed by atoms with Crippen LogP contribution in [0.3, 0.4) is 0 Å². The lowest BCUT2D eigenvalue weighted by Crippen LogP contribution is -2.32. The number of rotatable bonds is 3. The first-order valence-electron chi connectivity index (χ1n) is 7.46. The van der Waals surface area contributed by atoms with Crippen LogP contribution >= 0.6 is 0 Å². The Morgan fingerprint density at radius 1 is 1.05 bits per heavy atom. The lowest BCUT2D eigenvalue weighted by molar-refractivity contribution is 0.239. The molecule has 1 aromatic carbocycles. The Hall–Kier alpha value is -0.860. The smallest absolute Gasteiger partial charge is 0.0473 e. The molecule has 0 aromatic heterocycles. The number of likely N-dealkylation sites (tertiary alicyclic amines) is 1. The van der Waals surface area contributed by atoms with Gasteiger partial charge in [0.1, 0.15) is 0 Å². The maximum Gasteiger partial charge on any atom is 0.0473 e. The largest absolute Gasteiger partial charge is 0.329 e. The molecule has 2 rings (SSSR count). The first kappa shape index (κ1) is 14.5. The molecule has 1 aliphatic rings. The minimum Gasteiger partial charge on any atom is -0.329 e. The van der Waals surface area contributed by atoms with Crippen LogP contribution in [0.1, 0.15) is 42.1 Å². The molecule has 2 nitrogen and oxygen atoms in total. The zero-order valence-corrected chi connectivity index (χ0v) is 13.0. The van der Waals surface area contributed by atoms with Crippen molar-refractivity contribution in [2.75, 3.05) is 19.6 Å². The van der Waals surface area contributed by atoms with E-state index in [1.165, 1.54) is 35.3 Å². The van der Waals surface area contributed by atoms with E-state index in [1.807, 2.05) is 0 Å². The van der Waals surface area contributed by atoms with Crippen LogP contribution in [0.4, 0.5) is 0 Å². The Morgan fingerprint density at radius 2 is 1.58 bits per heavy atom. The van der Waals surface area contributed by atoms with E-state index in [4.69, 9.17) is 5.73 Å². The van der Waals surface area contributed by atoms with Crippen LogP contribution in [-0.2, 0) is 0 Å². The van der Waals surface area contributed by atoms with Crippen molar-refractivity contribution in [1.29, 1.82) is 0 Å². The molecule has 0 spiro atoms. The molecule has 2 N–H and O–H groups in total. The van der Waals surface area contributed by atoms with E-state index < -0.39 is 0 Å². The van der Waals surface area contributed by atoms with Crippen molar-refractivity contribution in [1.82, 2.24) is 4.90 Å². The van der Waals surface area contributed by atoms with Gasteiger partial charge in [0.25, 0.3) is 0 Å². The first-order chi connectivity index (χ1) is 8.93. The van der Waals surface area contributed by atoms with Crippen LogP contribution in [0.15, 0.2) is 12.1 Å². The van der Waals surface area contributed by atoms with Gasteiger partial charge in [-0.15, -0.1) is 0 Å². The standard InChI is InChI=1S/C17H28N2/c1-11-6-13(3)16(7-12(11)2)17(8-18)19-9-14(4)15(5)10-19/h6-7,14-15,17H,8-10,18H2,1-5H3. The Bertz CT molecular complexity index is 443. The van der Waals surface area contributed by atoms with E-state index in [0.717, 1.165) is 11.8 Å². The van der Waals surface area contributed by atoms with E-state index in [0.29, 0.717) is 12.6 Å². The van der Waals surface area contributed by atoms with Gasteiger partial charge in [-0.2, -0.15) is 0 Å². The SMILES string of the molecule is Cc1cc(C)c(C(CN)N2CC(C)C(C)C2)cc1C. The van der Waals surface area contributed by atoms with Crippen molar-refractivity contribution in [2.24, 2.45) is 17.6 Å². The summed E-state index contributed by atoms with van der Waals surface area (Å²) in [5, 5.41) is 0. The van der Waals surface area contributed by atoms with Gasteiger partial charge in [0.2, 0.25) is 0 Å². The van der Waals surface area contributed by atoms with E-state index >= 15 is 0 Å². The van der Waals surface area contributed by atoms with Gasteiger partial charge in [-0.1, -0.05) is 26.0 Å². The number of hydrogen-bond acceptors (Lipinski definition) is 2. The summed E-state index contributed by atoms with van der Waals surface area (Å²) >= 11 is 0. The van der Waals surface area contributed by atoms with Crippen molar-refractivity contribution < 1.29 is 0 Å². The van der Waals surface area contributed by atoms with E-state index in [9.17, 15) is 0 Å². The zero-order valence-electron chi connectivity index (χ0n) is 13.0. The van der Waals surface area contributed by atoms with Gasteiger partial charge >= 0.3 is 0 Å². The Morgan fingerprint density at radius 3 is 2.11 bits per heavy atom. The molecule has 0 saturated carbocycles. The summed E-state index contributed by atoms with van der Waals surface area (Å²) in [6, 6.07) is 5.03. The average Bonchev–Trinajstić information content (AvgIpc) is 2.67. The van der Waals surface area contributed by atoms with Gasteiger partial charge < -0.3 is 5.73 Å². The van der Waals surface area contributed by atoms with Gasteiger partial charge in [0.05, 0.1) is 0 Å². The summed E-state index contributed by atoms with van der Waals surface area (Å²) in [5.41, 5.74) is 11.6. The molecule has 1 aromatic rings. The van der Waals surface area contributed by atoms with Gasteiger partial charge in [-0.05, 0) is 54.9 Å². The van der Waals surface area contributed by atoms with E-state index in [2.05, 4.69) is 51.7 Å². The highest BCUT2D eigenvalue weighted by molar-refractivity contribution is 5.38. The molecule has 1 aliphatic heterocycles. The van der Waals surface area contributed by atoms with Gasteiger partial charge in [-0.25, -0.2) is 0 Å². The number of hydrogen-bond donors (Lipinski definition) is 1. The Labute approximate surface area is 118 Å². The number of aryl methyl sites for hydroxylation is 3. The summed E-state index contributed by atoms with van der Waals surface area (Å²) in [6.07, 6.45) is 0. The third kappa shape index (κ3) is 2.85. The normalized spacial score (nSPS) is 25.8. The monoisotopic (exact) mass is 260 g/mol. The topological polar surface area (TPSA) is 29.3 Å². The molecular formula is C17H28N2. The highest BCUT2D eigenvalue weighted by Gasteiger charge is 2.31. The molecule has 0 bridgehead atoms.